The smallest absolute Gasteiger partial charge is 0.0964 e. The SMILES string of the molecule is CC.CC.CC.c1cnc2c(c1)ccc1cccnc12. The van der Waals surface area contributed by atoms with E-state index < -0.39 is 0 Å². The van der Waals surface area contributed by atoms with Gasteiger partial charge in [-0.15, -0.1) is 0 Å². The molecule has 0 amide bonds. The molecule has 0 saturated heterocycles. The van der Waals surface area contributed by atoms with E-state index in [-0.39, 0.29) is 0 Å². The summed E-state index contributed by atoms with van der Waals surface area (Å²) in [7, 11) is 0. The van der Waals surface area contributed by atoms with Crippen LogP contribution in [0.4, 0.5) is 0 Å². The van der Waals surface area contributed by atoms with Gasteiger partial charge in [-0.3, -0.25) is 9.97 Å². The second-order valence-corrected chi connectivity index (χ2v) is 3.22. The highest BCUT2D eigenvalue weighted by molar-refractivity contribution is 6.02. The van der Waals surface area contributed by atoms with E-state index in [1.165, 1.54) is 0 Å². The van der Waals surface area contributed by atoms with E-state index in [1.807, 2.05) is 53.7 Å². The maximum Gasteiger partial charge on any atom is 0.0964 e. The fraction of sp³-hybridized carbons (Fsp3) is 0.333. The van der Waals surface area contributed by atoms with Gasteiger partial charge in [0, 0.05) is 23.2 Å². The fourth-order valence-corrected chi connectivity index (χ4v) is 1.68. The van der Waals surface area contributed by atoms with Gasteiger partial charge in [-0.05, 0) is 12.1 Å². The summed E-state index contributed by atoms with van der Waals surface area (Å²) in [5.74, 6) is 0. The number of fused-ring (bicyclic) bond motifs is 3. The van der Waals surface area contributed by atoms with E-state index in [0.29, 0.717) is 0 Å². The molecule has 3 rings (SSSR count). The summed E-state index contributed by atoms with van der Waals surface area (Å²) in [5.41, 5.74) is 1.95. The summed E-state index contributed by atoms with van der Waals surface area (Å²) in [5, 5.41) is 2.28. The van der Waals surface area contributed by atoms with Crippen molar-refractivity contribution in [2.75, 3.05) is 0 Å². The molecule has 0 radical (unpaired) electrons. The van der Waals surface area contributed by atoms with Crippen molar-refractivity contribution in [3.63, 3.8) is 0 Å². The molecule has 0 N–H and O–H groups in total. The molecule has 0 unspecified atom stereocenters. The molecule has 0 bridgehead atoms. The molecular formula is C18H26N2. The Morgan fingerprint density at radius 2 is 0.900 bits per heavy atom. The Kier molecular flexibility index (Phi) is 9.85. The molecule has 1 aromatic carbocycles. The minimum atomic E-state index is 0.977. The standard InChI is InChI=1S/C12H8N2.3C2H6/c1-3-9-5-6-10-4-2-8-14-12(10)11(9)13-7-1;3*1-2/h1-8H;3*1-2H3. The Morgan fingerprint density at radius 3 is 1.25 bits per heavy atom. The second kappa shape index (κ2) is 10.9. The maximum absolute atomic E-state index is 4.35. The summed E-state index contributed by atoms with van der Waals surface area (Å²) in [4.78, 5) is 8.69. The summed E-state index contributed by atoms with van der Waals surface area (Å²) in [6, 6.07) is 12.1. The summed E-state index contributed by atoms with van der Waals surface area (Å²) >= 11 is 0. The molecular weight excluding hydrogens is 244 g/mol. The van der Waals surface area contributed by atoms with Crippen molar-refractivity contribution in [1.82, 2.24) is 9.97 Å². The molecule has 0 fully saturated rings. The number of hydrogen-bond acceptors (Lipinski definition) is 2. The third-order valence-corrected chi connectivity index (χ3v) is 2.34. The number of aromatic nitrogens is 2. The van der Waals surface area contributed by atoms with E-state index in [2.05, 4.69) is 34.2 Å². The van der Waals surface area contributed by atoms with Crippen LogP contribution in [0.2, 0.25) is 0 Å². The zero-order valence-electron chi connectivity index (χ0n) is 13.5. The fourth-order valence-electron chi connectivity index (χ4n) is 1.68. The minimum Gasteiger partial charge on any atom is -0.254 e. The molecule has 3 aromatic rings. The van der Waals surface area contributed by atoms with Crippen molar-refractivity contribution in [2.45, 2.75) is 41.5 Å². The predicted molar refractivity (Wildman–Crippen MR) is 91.1 cm³/mol. The van der Waals surface area contributed by atoms with Gasteiger partial charge in [0.2, 0.25) is 0 Å². The first-order chi connectivity index (χ1) is 9.95. The van der Waals surface area contributed by atoms with Crippen LogP contribution in [0.15, 0.2) is 48.8 Å². The van der Waals surface area contributed by atoms with E-state index in [1.54, 1.807) is 12.4 Å². The summed E-state index contributed by atoms with van der Waals surface area (Å²) in [6.07, 6.45) is 3.60. The Bertz CT molecular complexity index is 548. The van der Waals surface area contributed by atoms with Gasteiger partial charge in [0.25, 0.3) is 0 Å². The lowest BCUT2D eigenvalue weighted by molar-refractivity contribution is 1.37. The Labute approximate surface area is 122 Å². The zero-order valence-corrected chi connectivity index (χ0v) is 13.5. The largest absolute Gasteiger partial charge is 0.254 e. The molecule has 0 aliphatic rings. The molecule has 2 nitrogen and oxygen atoms in total. The maximum atomic E-state index is 4.35. The zero-order chi connectivity index (χ0) is 15.4. The molecule has 0 atom stereocenters. The first kappa shape index (κ1) is 18.0. The first-order valence-electron chi connectivity index (χ1n) is 7.53. The van der Waals surface area contributed by atoms with Crippen LogP contribution in [0.1, 0.15) is 41.5 Å². The first-order valence-corrected chi connectivity index (χ1v) is 7.53. The van der Waals surface area contributed by atoms with Crippen LogP contribution < -0.4 is 0 Å². The second-order valence-electron chi connectivity index (χ2n) is 3.22. The molecule has 0 saturated carbocycles. The number of nitrogens with zero attached hydrogens (tertiary/aromatic N) is 2. The third-order valence-electron chi connectivity index (χ3n) is 2.34. The van der Waals surface area contributed by atoms with Crippen LogP contribution in [-0.4, -0.2) is 9.97 Å². The lowest BCUT2D eigenvalue weighted by Crippen LogP contribution is -1.83. The van der Waals surface area contributed by atoms with Crippen molar-refractivity contribution in [1.29, 1.82) is 0 Å². The Hall–Kier alpha value is -1.96. The molecule has 0 aliphatic heterocycles. The van der Waals surface area contributed by atoms with Crippen molar-refractivity contribution in [3.8, 4) is 0 Å². The summed E-state index contributed by atoms with van der Waals surface area (Å²) in [6.45, 7) is 12.0. The van der Waals surface area contributed by atoms with Gasteiger partial charge in [0.15, 0.2) is 0 Å². The van der Waals surface area contributed by atoms with Crippen LogP contribution in [0, 0.1) is 0 Å². The molecule has 20 heavy (non-hydrogen) atoms. The van der Waals surface area contributed by atoms with Gasteiger partial charge in [-0.1, -0.05) is 65.8 Å². The number of benzene rings is 1. The van der Waals surface area contributed by atoms with Crippen molar-refractivity contribution in [3.05, 3.63) is 48.8 Å². The topological polar surface area (TPSA) is 25.8 Å². The monoisotopic (exact) mass is 270 g/mol. The Morgan fingerprint density at radius 1 is 0.550 bits per heavy atom. The molecule has 2 heterocycles. The third kappa shape index (κ3) is 4.30. The predicted octanol–water partition coefficient (Wildman–Crippen LogP) is 5.86. The molecule has 0 spiro atoms. The van der Waals surface area contributed by atoms with Crippen LogP contribution >= 0.6 is 0 Å². The van der Waals surface area contributed by atoms with Gasteiger partial charge in [0.1, 0.15) is 0 Å². The van der Waals surface area contributed by atoms with E-state index in [4.69, 9.17) is 0 Å². The van der Waals surface area contributed by atoms with E-state index in [0.717, 1.165) is 21.8 Å². The quantitative estimate of drug-likeness (QED) is 0.478. The normalized spacial score (nSPS) is 8.50. The number of pyridine rings is 2. The van der Waals surface area contributed by atoms with Gasteiger partial charge in [0.05, 0.1) is 11.0 Å². The van der Waals surface area contributed by atoms with Gasteiger partial charge < -0.3 is 0 Å². The van der Waals surface area contributed by atoms with Gasteiger partial charge in [-0.25, -0.2) is 0 Å². The average molecular weight is 270 g/mol. The molecule has 2 aromatic heterocycles. The highest BCUT2D eigenvalue weighted by Crippen LogP contribution is 2.20. The van der Waals surface area contributed by atoms with Gasteiger partial charge in [-0.2, -0.15) is 0 Å². The Balaban J connectivity index is 0.000000538. The molecule has 2 heteroatoms. The van der Waals surface area contributed by atoms with E-state index in [9.17, 15) is 0 Å². The minimum absolute atomic E-state index is 0.977. The van der Waals surface area contributed by atoms with Crippen LogP contribution in [0.5, 0.6) is 0 Å². The highest BCUT2D eigenvalue weighted by atomic mass is 14.7. The number of hydrogen-bond donors (Lipinski definition) is 0. The van der Waals surface area contributed by atoms with Crippen LogP contribution in [0.3, 0.4) is 0 Å². The van der Waals surface area contributed by atoms with Crippen molar-refractivity contribution >= 4 is 21.8 Å². The lowest BCUT2D eigenvalue weighted by atomic mass is 10.1. The average Bonchev–Trinajstić information content (AvgIpc) is 2.60. The van der Waals surface area contributed by atoms with Gasteiger partial charge >= 0.3 is 0 Å². The molecule has 108 valence electrons. The van der Waals surface area contributed by atoms with Crippen molar-refractivity contribution in [2.24, 2.45) is 0 Å². The number of rotatable bonds is 0. The van der Waals surface area contributed by atoms with Crippen LogP contribution in [0.25, 0.3) is 21.8 Å². The van der Waals surface area contributed by atoms with Crippen LogP contribution in [-0.2, 0) is 0 Å². The highest BCUT2D eigenvalue weighted by Gasteiger charge is 2.00. The van der Waals surface area contributed by atoms with E-state index >= 15 is 0 Å². The summed E-state index contributed by atoms with van der Waals surface area (Å²) < 4.78 is 0. The van der Waals surface area contributed by atoms with Crippen molar-refractivity contribution < 1.29 is 0 Å². The molecule has 0 aliphatic carbocycles. The lowest BCUT2D eigenvalue weighted by Gasteiger charge is -2.00.